The molecule has 0 aliphatic carbocycles. The highest BCUT2D eigenvalue weighted by atomic mass is 32.1. The van der Waals surface area contributed by atoms with E-state index < -0.39 is 0 Å². The third kappa shape index (κ3) is 2.94. The summed E-state index contributed by atoms with van der Waals surface area (Å²) in [6.45, 7) is 1.86. The smallest absolute Gasteiger partial charge is 0.248 e. The average Bonchev–Trinajstić information content (AvgIpc) is 2.96. The lowest BCUT2D eigenvalue weighted by atomic mass is 10.2. The van der Waals surface area contributed by atoms with Crippen LogP contribution in [-0.2, 0) is 4.79 Å². The van der Waals surface area contributed by atoms with E-state index in [1.807, 2.05) is 61.5 Å². The lowest BCUT2D eigenvalue weighted by Gasteiger charge is -2.21. The predicted octanol–water partition coefficient (Wildman–Crippen LogP) is 3.76. The minimum Gasteiger partial charge on any atom is -0.350 e. The Labute approximate surface area is 133 Å². The molecule has 1 N–H and O–H groups in total. The van der Waals surface area contributed by atoms with Crippen molar-refractivity contribution in [2.45, 2.75) is 13.0 Å². The average molecular weight is 311 g/mol. The summed E-state index contributed by atoms with van der Waals surface area (Å²) in [5.41, 5.74) is 1.83. The van der Waals surface area contributed by atoms with Gasteiger partial charge in [0, 0.05) is 12.7 Å². The maximum Gasteiger partial charge on any atom is 0.248 e. The summed E-state index contributed by atoms with van der Waals surface area (Å²) >= 11 is 1.56. The SMILES string of the molecule is CC(Nc1nc2ccccc2s1)C(=O)N(C)c1ccccc1. The fourth-order valence-electron chi connectivity index (χ4n) is 2.25. The molecule has 4 nitrogen and oxygen atoms in total. The van der Waals surface area contributed by atoms with Crippen molar-refractivity contribution in [3.8, 4) is 0 Å². The number of fused-ring (bicyclic) bond motifs is 1. The van der Waals surface area contributed by atoms with Crippen molar-refractivity contribution in [3.63, 3.8) is 0 Å². The number of benzene rings is 2. The zero-order valence-corrected chi connectivity index (χ0v) is 13.3. The summed E-state index contributed by atoms with van der Waals surface area (Å²) in [4.78, 5) is 18.7. The number of carbonyl (C=O) groups is 1. The number of aromatic nitrogens is 1. The van der Waals surface area contributed by atoms with Crippen LogP contribution in [0.5, 0.6) is 0 Å². The molecule has 1 amide bonds. The number of carbonyl (C=O) groups excluding carboxylic acids is 1. The summed E-state index contributed by atoms with van der Waals surface area (Å²) in [6.07, 6.45) is 0. The molecular weight excluding hydrogens is 294 g/mol. The summed E-state index contributed by atoms with van der Waals surface area (Å²) in [7, 11) is 1.79. The van der Waals surface area contributed by atoms with Gasteiger partial charge in [-0.1, -0.05) is 41.7 Å². The molecule has 22 heavy (non-hydrogen) atoms. The van der Waals surface area contributed by atoms with E-state index in [9.17, 15) is 4.79 Å². The molecule has 0 spiro atoms. The van der Waals surface area contributed by atoms with E-state index in [1.54, 1.807) is 23.3 Å². The third-order valence-electron chi connectivity index (χ3n) is 3.48. The molecule has 0 aliphatic rings. The number of thiazole rings is 1. The number of amides is 1. The summed E-state index contributed by atoms with van der Waals surface area (Å²) in [5.74, 6) is 0.00505. The van der Waals surface area contributed by atoms with Crippen molar-refractivity contribution in [2.75, 3.05) is 17.3 Å². The van der Waals surface area contributed by atoms with Crippen LogP contribution < -0.4 is 10.2 Å². The van der Waals surface area contributed by atoms with Crippen LogP contribution in [0, 0.1) is 0 Å². The Morgan fingerprint density at radius 2 is 1.82 bits per heavy atom. The van der Waals surface area contributed by atoms with Crippen molar-refractivity contribution >= 4 is 38.3 Å². The Hall–Kier alpha value is -2.40. The highest BCUT2D eigenvalue weighted by molar-refractivity contribution is 7.22. The Morgan fingerprint density at radius 3 is 2.55 bits per heavy atom. The van der Waals surface area contributed by atoms with Gasteiger partial charge in [-0.3, -0.25) is 4.79 Å². The Kier molecular flexibility index (Phi) is 4.06. The fourth-order valence-corrected chi connectivity index (χ4v) is 3.20. The molecule has 0 aliphatic heterocycles. The van der Waals surface area contributed by atoms with Crippen LogP contribution in [0.25, 0.3) is 10.2 Å². The van der Waals surface area contributed by atoms with Crippen LogP contribution in [0.1, 0.15) is 6.92 Å². The number of para-hydroxylation sites is 2. The zero-order valence-electron chi connectivity index (χ0n) is 12.5. The molecule has 0 radical (unpaired) electrons. The minimum atomic E-state index is -0.342. The van der Waals surface area contributed by atoms with Gasteiger partial charge in [0.25, 0.3) is 0 Å². The second-order valence-corrected chi connectivity index (χ2v) is 6.12. The number of hydrogen-bond donors (Lipinski definition) is 1. The summed E-state index contributed by atoms with van der Waals surface area (Å²) in [6, 6.07) is 17.2. The van der Waals surface area contributed by atoms with Gasteiger partial charge in [-0.25, -0.2) is 4.98 Å². The monoisotopic (exact) mass is 311 g/mol. The zero-order chi connectivity index (χ0) is 15.5. The first-order chi connectivity index (χ1) is 10.6. The van der Waals surface area contributed by atoms with Crippen molar-refractivity contribution in [1.82, 2.24) is 4.98 Å². The molecule has 0 saturated carbocycles. The van der Waals surface area contributed by atoms with Gasteiger partial charge in [-0.2, -0.15) is 0 Å². The van der Waals surface area contributed by atoms with Crippen molar-refractivity contribution < 1.29 is 4.79 Å². The minimum absolute atomic E-state index is 0.00505. The normalized spacial score (nSPS) is 12.1. The topological polar surface area (TPSA) is 45.2 Å². The van der Waals surface area contributed by atoms with E-state index >= 15 is 0 Å². The van der Waals surface area contributed by atoms with E-state index in [0.717, 1.165) is 21.0 Å². The second kappa shape index (κ2) is 6.15. The van der Waals surface area contributed by atoms with Gasteiger partial charge in [0.2, 0.25) is 5.91 Å². The Bertz CT molecular complexity index is 752. The van der Waals surface area contributed by atoms with Crippen LogP contribution in [-0.4, -0.2) is 24.0 Å². The van der Waals surface area contributed by atoms with E-state index in [-0.39, 0.29) is 11.9 Å². The highest BCUT2D eigenvalue weighted by Crippen LogP contribution is 2.26. The third-order valence-corrected chi connectivity index (χ3v) is 4.45. The van der Waals surface area contributed by atoms with E-state index in [2.05, 4.69) is 10.3 Å². The first kappa shape index (κ1) is 14.5. The summed E-state index contributed by atoms with van der Waals surface area (Å²) in [5, 5.41) is 3.97. The van der Waals surface area contributed by atoms with Crippen molar-refractivity contribution in [1.29, 1.82) is 0 Å². The second-order valence-electron chi connectivity index (χ2n) is 5.09. The van der Waals surface area contributed by atoms with Crippen LogP contribution in [0.3, 0.4) is 0 Å². The lowest BCUT2D eigenvalue weighted by molar-refractivity contribution is -0.118. The van der Waals surface area contributed by atoms with Crippen LogP contribution in [0.2, 0.25) is 0 Å². The molecule has 0 bridgehead atoms. The van der Waals surface area contributed by atoms with E-state index in [4.69, 9.17) is 0 Å². The lowest BCUT2D eigenvalue weighted by Crippen LogP contribution is -2.39. The first-order valence-corrected chi connectivity index (χ1v) is 7.91. The molecule has 3 rings (SSSR count). The van der Waals surface area contributed by atoms with Gasteiger partial charge in [-0.15, -0.1) is 0 Å². The van der Waals surface area contributed by atoms with Gasteiger partial charge >= 0.3 is 0 Å². The largest absolute Gasteiger partial charge is 0.350 e. The van der Waals surface area contributed by atoms with E-state index in [1.165, 1.54) is 0 Å². The molecule has 1 atom stereocenters. The Balaban J connectivity index is 1.73. The number of anilines is 2. The van der Waals surface area contributed by atoms with Gasteiger partial charge in [-0.05, 0) is 31.2 Å². The van der Waals surface area contributed by atoms with Crippen LogP contribution in [0.15, 0.2) is 54.6 Å². The van der Waals surface area contributed by atoms with Gasteiger partial charge in [0.15, 0.2) is 5.13 Å². The standard InChI is InChI=1S/C17H17N3OS/c1-12(16(21)20(2)13-8-4-3-5-9-13)18-17-19-14-10-6-7-11-15(14)22-17/h3-12H,1-2H3,(H,18,19). The molecule has 0 saturated heterocycles. The van der Waals surface area contributed by atoms with Crippen LogP contribution in [0.4, 0.5) is 10.8 Å². The molecule has 0 fully saturated rings. The maximum atomic E-state index is 12.5. The quantitative estimate of drug-likeness (QED) is 0.798. The highest BCUT2D eigenvalue weighted by Gasteiger charge is 2.19. The van der Waals surface area contributed by atoms with Gasteiger partial charge in [0.1, 0.15) is 6.04 Å². The molecule has 1 unspecified atom stereocenters. The number of nitrogens with zero attached hydrogens (tertiary/aromatic N) is 2. The molecule has 112 valence electrons. The van der Waals surface area contributed by atoms with Crippen molar-refractivity contribution in [2.24, 2.45) is 0 Å². The molecule has 1 aromatic heterocycles. The molecule has 1 heterocycles. The molecule has 5 heteroatoms. The first-order valence-electron chi connectivity index (χ1n) is 7.10. The Morgan fingerprint density at radius 1 is 1.14 bits per heavy atom. The van der Waals surface area contributed by atoms with Crippen LogP contribution >= 0.6 is 11.3 Å². The van der Waals surface area contributed by atoms with Gasteiger partial charge in [0.05, 0.1) is 10.2 Å². The summed E-state index contributed by atoms with van der Waals surface area (Å²) < 4.78 is 1.11. The van der Waals surface area contributed by atoms with Gasteiger partial charge < -0.3 is 10.2 Å². The maximum absolute atomic E-state index is 12.5. The number of hydrogen-bond acceptors (Lipinski definition) is 4. The predicted molar refractivity (Wildman–Crippen MR) is 92.6 cm³/mol. The van der Waals surface area contributed by atoms with E-state index in [0.29, 0.717) is 0 Å². The number of nitrogens with one attached hydrogen (secondary N) is 1. The number of likely N-dealkylation sites (N-methyl/N-ethyl adjacent to an activating group) is 1. The molecule has 3 aromatic rings. The number of rotatable bonds is 4. The van der Waals surface area contributed by atoms with Crippen molar-refractivity contribution in [3.05, 3.63) is 54.6 Å². The molecular formula is C17H17N3OS. The fraction of sp³-hybridized carbons (Fsp3) is 0.176. The molecule has 2 aromatic carbocycles.